The van der Waals surface area contributed by atoms with Gasteiger partial charge in [-0.2, -0.15) is 30.6 Å². The molecule has 0 radical (unpaired) electrons. The Morgan fingerprint density at radius 2 is 2.03 bits per heavy atom. The van der Waals surface area contributed by atoms with Gasteiger partial charge in [-0.3, -0.25) is 9.67 Å². The van der Waals surface area contributed by atoms with Crippen molar-refractivity contribution in [1.82, 2.24) is 29.8 Å². The molecule has 8 nitrogen and oxygen atoms in total. The van der Waals surface area contributed by atoms with Crippen LogP contribution in [-0.2, 0) is 12.6 Å². The molecule has 30 heavy (non-hydrogen) atoms. The molecule has 1 fully saturated rings. The molecule has 3 heterocycles. The van der Waals surface area contributed by atoms with Gasteiger partial charge in [0.05, 0.1) is 47.4 Å². The lowest BCUT2D eigenvalue weighted by Gasteiger charge is -2.42. The van der Waals surface area contributed by atoms with Gasteiger partial charge in [0.1, 0.15) is 5.69 Å². The highest BCUT2D eigenvalue weighted by atomic mass is 15.5. The lowest BCUT2D eigenvalue weighted by molar-refractivity contribution is 0.0713. The van der Waals surface area contributed by atoms with Crippen LogP contribution in [0.2, 0.25) is 0 Å². The van der Waals surface area contributed by atoms with Crippen LogP contribution in [0.1, 0.15) is 19.3 Å². The summed E-state index contributed by atoms with van der Waals surface area (Å²) in [5.74, 6) is -0.0506. The van der Waals surface area contributed by atoms with Gasteiger partial charge in [0.15, 0.2) is 0 Å². The van der Waals surface area contributed by atoms with Crippen LogP contribution in [0, 0.1) is 28.6 Å². The van der Waals surface area contributed by atoms with Crippen molar-refractivity contribution in [3.05, 3.63) is 48.9 Å². The number of nitriles is 2. The predicted molar refractivity (Wildman–Crippen MR) is 110 cm³/mol. The van der Waals surface area contributed by atoms with E-state index in [2.05, 4.69) is 33.4 Å². The summed E-state index contributed by atoms with van der Waals surface area (Å²) in [5, 5.41) is 33.2. The van der Waals surface area contributed by atoms with Crippen molar-refractivity contribution in [1.29, 1.82) is 10.5 Å². The maximum Gasteiger partial charge on any atom is 0.113 e. The van der Waals surface area contributed by atoms with E-state index in [0.717, 1.165) is 27.7 Å². The summed E-state index contributed by atoms with van der Waals surface area (Å²) in [7, 11) is 1.89. The fraction of sp³-hybridized carbons (Fsp3) is 0.273. The molecule has 146 valence electrons. The minimum atomic E-state index is -0.500. The van der Waals surface area contributed by atoms with E-state index in [1.54, 1.807) is 21.9 Å². The summed E-state index contributed by atoms with van der Waals surface area (Å²) < 4.78 is 1.77. The first-order chi connectivity index (χ1) is 14.6. The molecule has 1 saturated carbocycles. The van der Waals surface area contributed by atoms with Crippen molar-refractivity contribution < 1.29 is 0 Å². The van der Waals surface area contributed by atoms with Crippen LogP contribution in [0.15, 0.2) is 48.9 Å². The predicted octanol–water partition coefficient (Wildman–Crippen LogP) is 3.44. The monoisotopic (exact) mass is 394 g/mol. The van der Waals surface area contributed by atoms with Crippen molar-refractivity contribution in [2.24, 2.45) is 13.0 Å². The SMILES string of the molecule is Cn1ccc(-c2cc(-c3cnn([C@]4(CC#N)C[C@@H](C#N)C4)n3)c3cccnc3c2)n1. The van der Waals surface area contributed by atoms with Gasteiger partial charge in [-0.25, -0.2) is 0 Å². The third-order valence-corrected chi connectivity index (χ3v) is 5.77. The zero-order chi connectivity index (χ0) is 20.7. The first-order valence-corrected chi connectivity index (χ1v) is 9.70. The molecule has 3 aromatic heterocycles. The number of benzene rings is 1. The summed E-state index contributed by atoms with van der Waals surface area (Å²) in [6, 6.07) is 14.5. The lowest BCUT2D eigenvalue weighted by atomic mass is 9.68. The molecule has 0 N–H and O–H groups in total. The van der Waals surface area contributed by atoms with Crippen molar-refractivity contribution in [3.63, 3.8) is 0 Å². The number of rotatable bonds is 4. The molecule has 0 atom stereocenters. The number of hydrogen-bond donors (Lipinski definition) is 0. The van der Waals surface area contributed by atoms with Crippen molar-refractivity contribution in [3.8, 4) is 34.7 Å². The van der Waals surface area contributed by atoms with E-state index in [1.807, 2.05) is 37.5 Å². The van der Waals surface area contributed by atoms with Crippen molar-refractivity contribution in [2.75, 3.05) is 0 Å². The smallest absolute Gasteiger partial charge is 0.113 e. The average Bonchev–Trinajstić information content (AvgIpc) is 3.39. The van der Waals surface area contributed by atoms with Crippen LogP contribution in [0.3, 0.4) is 0 Å². The Morgan fingerprint density at radius 1 is 1.17 bits per heavy atom. The third-order valence-electron chi connectivity index (χ3n) is 5.77. The van der Waals surface area contributed by atoms with Gasteiger partial charge in [0.25, 0.3) is 0 Å². The second-order valence-electron chi connectivity index (χ2n) is 7.78. The highest BCUT2D eigenvalue weighted by molar-refractivity contribution is 5.96. The van der Waals surface area contributed by atoms with Crippen molar-refractivity contribution in [2.45, 2.75) is 24.8 Å². The van der Waals surface area contributed by atoms with Gasteiger partial charge in [0, 0.05) is 36.0 Å². The van der Waals surface area contributed by atoms with Gasteiger partial charge < -0.3 is 0 Å². The summed E-state index contributed by atoms with van der Waals surface area (Å²) in [4.78, 5) is 6.16. The maximum atomic E-state index is 9.30. The van der Waals surface area contributed by atoms with Crippen LogP contribution in [0.5, 0.6) is 0 Å². The Hall–Kier alpha value is -4.04. The third kappa shape index (κ3) is 2.82. The number of pyridine rings is 1. The summed E-state index contributed by atoms with van der Waals surface area (Å²) >= 11 is 0. The minimum absolute atomic E-state index is 0.0506. The van der Waals surface area contributed by atoms with E-state index in [-0.39, 0.29) is 12.3 Å². The molecule has 1 aliphatic rings. The summed E-state index contributed by atoms with van der Waals surface area (Å²) in [6.07, 6.45) is 6.88. The Morgan fingerprint density at radius 3 is 2.77 bits per heavy atom. The zero-order valence-corrected chi connectivity index (χ0v) is 16.4. The van der Waals surface area contributed by atoms with Crippen LogP contribution in [-0.4, -0.2) is 29.8 Å². The number of aromatic nitrogens is 6. The Balaban J connectivity index is 1.62. The number of fused-ring (bicyclic) bond motifs is 1. The van der Waals surface area contributed by atoms with Gasteiger partial charge in [-0.1, -0.05) is 6.07 Å². The molecule has 4 aromatic rings. The van der Waals surface area contributed by atoms with E-state index >= 15 is 0 Å². The molecule has 0 amide bonds. The van der Waals surface area contributed by atoms with Gasteiger partial charge in [0.2, 0.25) is 0 Å². The van der Waals surface area contributed by atoms with Gasteiger partial charge >= 0.3 is 0 Å². The number of nitrogens with zero attached hydrogens (tertiary/aromatic N) is 8. The minimum Gasteiger partial charge on any atom is -0.275 e. The molecule has 1 aromatic carbocycles. The van der Waals surface area contributed by atoms with Crippen molar-refractivity contribution >= 4 is 10.9 Å². The fourth-order valence-electron chi connectivity index (χ4n) is 4.20. The fourth-order valence-corrected chi connectivity index (χ4v) is 4.20. The first-order valence-electron chi connectivity index (χ1n) is 9.70. The number of aryl methyl sites for hydroxylation is 1. The van der Waals surface area contributed by atoms with Gasteiger partial charge in [-0.05, 0) is 37.1 Å². The molecule has 0 spiro atoms. The summed E-state index contributed by atoms with van der Waals surface area (Å²) in [6.45, 7) is 0. The summed E-state index contributed by atoms with van der Waals surface area (Å²) in [5.41, 5.74) is 3.78. The second-order valence-corrected chi connectivity index (χ2v) is 7.78. The van der Waals surface area contributed by atoms with Gasteiger partial charge in [-0.15, -0.1) is 0 Å². The molecule has 8 heteroatoms. The molecule has 0 saturated heterocycles. The Labute approximate surface area is 173 Å². The van der Waals surface area contributed by atoms with E-state index in [1.165, 1.54) is 0 Å². The maximum absolute atomic E-state index is 9.30. The van der Waals surface area contributed by atoms with Crippen LogP contribution < -0.4 is 0 Å². The highest BCUT2D eigenvalue weighted by Gasteiger charge is 2.48. The number of hydrogen-bond acceptors (Lipinski definition) is 6. The molecule has 0 unspecified atom stereocenters. The molecule has 0 aliphatic heterocycles. The highest BCUT2D eigenvalue weighted by Crippen LogP contribution is 2.45. The van der Waals surface area contributed by atoms with E-state index in [9.17, 15) is 10.5 Å². The molecule has 0 bridgehead atoms. The standard InChI is InChI=1S/C22H18N8/c1-29-8-4-19(27-29)16-9-18(17-3-2-7-25-20(17)10-16)21-14-26-30(28-21)22(5-6-23)11-15(12-22)13-24/h2-4,7-10,14-15H,5,11-12H2,1H3/t15-,22-. The molecule has 5 rings (SSSR count). The average molecular weight is 394 g/mol. The zero-order valence-electron chi connectivity index (χ0n) is 16.4. The topological polar surface area (TPSA) is 109 Å². The first kappa shape index (κ1) is 18.0. The van der Waals surface area contributed by atoms with E-state index < -0.39 is 5.54 Å². The molecular weight excluding hydrogens is 376 g/mol. The van der Waals surface area contributed by atoms with Crippen LogP contribution in [0.25, 0.3) is 33.4 Å². The van der Waals surface area contributed by atoms with Crippen LogP contribution in [0.4, 0.5) is 0 Å². The normalized spacial score (nSPS) is 20.4. The second kappa shape index (κ2) is 6.78. The van der Waals surface area contributed by atoms with E-state index in [4.69, 9.17) is 5.10 Å². The molecule has 1 aliphatic carbocycles. The largest absolute Gasteiger partial charge is 0.275 e. The van der Waals surface area contributed by atoms with Crippen LogP contribution >= 0.6 is 0 Å². The quantitative estimate of drug-likeness (QED) is 0.524. The lowest BCUT2D eigenvalue weighted by Crippen LogP contribution is -2.47. The molecular formula is C22H18N8. The Bertz CT molecular complexity index is 1330. The van der Waals surface area contributed by atoms with E-state index in [0.29, 0.717) is 18.5 Å². The Kier molecular flexibility index (Phi) is 4.07.